The second-order valence-electron chi connectivity index (χ2n) is 5.01. The number of carboxylic acid groups (broad SMARTS) is 1. The standard InChI is InChI=1S/C13H16F3N3O2/c14-13(15,16)10-1-2-11(17-9-10)19-7-5-18(6-8-19)4-3-12(20)21/h1-2,9H,3-8H2,(H,20,21). The SMILES string of the molecule is O=C([O-])CC[NH+]1CCN(c2ccc(C(F)(F)F)cn2)CC1. The molecule has 0 aromatic carbocycles. The number of piperazine rings is 1. The summed E-state index contributed by atoms with van der Waals surface area (Å²) >= 11 is 0. The molecule has 0 unspecified atom stereocenters. The lowest BCUT2D eigenvalue weighted by atomic mass is 10.2. The summed E-state index contributed by atoms with van der Waals surface area (Å²) in [6.07, 6.45) is -3.52. The number of rotatable bonds is 4. The molecule has 0 radical (unpaired) electrons. The Kier molecular flexibility index (Phi) is 4.66. The van der Waals surface area contributed by atoms with Crippen LogP contribution < -0.4 is 14.9 Å². The van der Waals surface area contributed by atoms with Crippen LogP contribution in [0.1, 0.15) is 12.0 Å². The highest BCUT2D eigenvalue weighted by molar-refractivity contribution is 5.64. The van der Waals surface area contributed by atoms with E-state index in [0.29, 0.717) is 25.5 Å². The largest absolute Gasteiger partial charge is 0.550 e. The number of hydrogen-bond acceptors (Lipinski definition) is 4. The summed E-state index contributed by atoms with van der Waals surface area (Å²) in [5, 5.41) is 10.4. The number of alkyl halides is 3. The zero-order valence-electron chi connectivity index (χ0n) is 11.3. The molecule has 1 aromatic heterocycles. The number of carbonyl (C=O) groups excluding carboxylic acids is 1. The fourth-order valence-corrected chi connectivity index (χ4v) is 2.32. The maximum atomic E-state index is 12.5. The van der Waals surface area contributed by atoms with Gasteiger partial charge in [-0.15, -0.1) is 0 Å². The number of quaternary nitrogens is 1. The molecule has 1 aromatic rings. The number of nitrogens with zero attached hydrogens (tertiary/aromatic N) is 2. The van der Waals surface area contributed by atoms with Crippen molar-refractivity contribution in [2.24, 2.45) is 0 Å². The summed E-state index contributed by atoms with van der Waals surface area (Å²) in [6, 6.07) is 2.40. The first-order valence-electron chi connectivity index (χ1n) is 6.68. The van der Waals surface area contributed by atoms with Crippen LogP contribution in [0.5, 0.6) is 0 Å². The van der Waals surface area contributed by atoms with Gasteiger partial charge in [-0.25, -0.2) is 4.98 Å². The van der Waals surface area contributed by atoms with E-state index in [9.17, 15) is 23.1 Å². The second-order valence-corrected chi connectivity index (χ2v) is 5.01. The topological polar surface area (TPSA) is 60.7 Å². The summed E-state index contributed by atoms with van der Waals surface area (Å²) in [4.78, 5) is 17.3. The van der Waals surface area contributed by atoms with Gasteiger partial charge in [0, 0.05) is 18.6 Å². The number of anilines is 1. The maximum Gasteiger partial charge on any atom is 0.417 e. The van der Waals surface area contributed by atoms with Crippen molar-refractivity contribution in [3.05, 3.63) is 23.9 Å². The minimum absolute atomic E-state index is 0.0217. The molecule has 0 spiro atoms. The van der Waals surface area contributed by atoms with Gasteiger partial charge in [0.15, 0.2) is 0 Å². The second kappa shape index (κ2) is 6.30. The van der Waals surface area contributed by atoms with Gasteiger partial charge in [0.05, 0.1) is 38.3 Å². The average Bonchev–Trinajstić information content (AvgIpc) is 2.45. The van der Waals surface area contributed by atoms with Crippen LogP contribution in [0.15, 0.2) is 18.3 Å². The molecular weight excluding hydrogens is 287 g/mol. The van der Waals surface area contributed by atoms with E-state index in [1.54, 1.807) is 0 Å². The summed E-state index contributed by atoms with van der Waals surface area (Å²) < 4.78 is 37.4. The Morgan fingerprint density at radius 2 is 2.00 bits per heavy atom. The molecular formula is C13H16F3N3O2. The lowest BCUT2D eigenvalue weighted by Crippen LogP contribution is -3.15. The Labute approximate surface area is 120 Å². The number of aliphatic carboxylic acids is 1. The van der Waals surface area contributed by atoms with Crippen molar-refractivity contribution >= 4 is 11.8 Å². The molecule has 5 nitrogen and oxygen atoms in total. The molecule has 2 heterocycles. The van der Waals surface area contributed by atoms with Crippen molar-refractivity contribution in [1.82, 2.24) is 4.98 Å². The Bertz CT molecular complexity index is 482. The third-order valence-corrected chi connectivity index (χ3v) is 3.55. The molecule has 1 aliphatic rings. The fourth-order valence-electron chi connectivity index (χ4n) is 2.32. The third kappa shape index (κ3) is 4.32. The number of carbonyl (C=O) groups is 1. The first-order chi connectivity index (χ1) is 9.86. The Morgan fingerprint density at radius 1 is 1.33 bits per heavy atom. The first-order valence-corrected chi connectivity index (χ1v) is 6.68. The fraction of sp³-hybridized carbons (Fsp3) is 0.538. The smallest absolute Gasteiger partial charge is 0.417 e. The summed E-state index contributed by atoms with van der Waals surface area (Å²) in [5.41, 5.74) is -0.760. The van der Waals surface area contributed by atoms with Gasteiger partial charge < -0.3 is 19.7 Å². The highest BCUT2D eigenvalue weighted by Gasteiger charge is 2.31. The molecule has 0 atom stereocenters. The maximum absolute atomic E-state index is 12.5. The molecule has 2 rings (SSSR count). The van der Waals surface area contributed by atoms with Crippen LogP contribution in [0.3, 0.4) is 0 Å². The summed E-state index contributed by atoms with van der Waals surface area (Å²) in [7, 11) is 0. The quantitative estimate of drug-likeness (QED) is 0.771. The van der Waals surface area contributed by atoms with Gasteiger partial charge >= 0.3 is 6.18 Å². The number of hydrogen-bond donors (Lipinski definition) is 1. The number of pyridine rings is 1. The monoisotopic (exact) mass is 303 g/mol. The molecule has 0 amide bonds. The van der Waals surface area contributed by atoms with Crippen LogP contribution in [-0.2, 0) is 11.0 Å². The minimum Gasteiger partial charge on any atom is -0.550 e. The van der Waals surface area contributed by atoms with E-state index < -0.39 is 17.7 Å². The molecule has 1 N–H and O–H groups in total. The van der Waals surface area contributed by atoms with E-state index in [1.807, 2.05) is 4.90 Å². The van der Waals surface area contributed by atoms with Gasteiger partial charge in [0.2, 0.25) is 0 Å². The van der Waals surface area contributed by atoms with Gasteiger partial charge in [0.25, 0.3) is 0 Å². The molecule has 1 aliphatic heterocycles. The molecule has 0 bridgehead atoms. The van der Waals surface area contributed by atoms with Crippen LogP contribution in [0.4, 0.5) is 19.0 Å². The molecule has 8 heteroatoms. The van der Waals surface area contributed by atoms with Crippen molar-refractivity contribution in [1.29, 1.82) is 0 Å². The van der Waals surface area contributed by atoms with Crippen LogP contribution in [0.2, 0.25) is 0 Å². The zero-order valence-corrected chi connectivity index (χ0v) is 11.3. The summed E-state index contributed by atoms with van der Waals surface area (Å²) in [6.45, 7) is 3.25. The Hall–Kier alpha value is -1.83. The van der Waals surface area contributed by atoms with Crippen LogP contribution in [-0.4, -0.2) is 43.7 Å². The molecule has 0 saturated carbocycles. The Balaban J connectivity index is 1.89. The number of aromatic nitrogens is 1. The van der Waals surface area contributed by atoms with E-state index in [0.717, 1.165) is 30.3 Å². The van der Waals surface area contributed by atoms with Crippen molar-refractivity contribution in [2.45, 2.75) is 12.6 Å². The predicted molar refractivity (Wildman–Crippen MR) is 66.6 cm³/mol. The van der Waals surface area contributed by atoms with Crippen molar-refractivity contribution < 1.29 is 28.0 Å². The summed E-state index contributed by atoms with van der Waals surface area (Å²) in [5.74, 6) is -0.545. The Morgan fingerprint density at radius 3 is 2.48 bits per heavy atom. The van der Waals surface area contributed by atoms with E-state index in [1.165, 1.54) is 6.07 Å². The van der Waals surface area contributed by atoms with Gasteiger partial charge in [-0.3, -0.25) is 0 Å². The predicted octanol–water partition coefficient (Wildman–Crippen LogP) is -1.05. The van der Waals surface area contributed by atoms with E-state index in [2.05, 4.69) is 4.98 Å². The lowest BCUT2D eigenvalue weighted by Gasteiger charge is -2.33. The van der Waals surface area contributed by atoms with Crippen molar-refractivity contribution in [3.63, 3.8) is 0 Å². The van der Waals surface area contributed by atoms with Gasteiger partial charge in [-0.2, -0.15) is 13.2 Å². The number of halogens is 3. The first kappa shape index (κ1) is 15.6. The van der Waals surface area contributed by atoms with E-state index >= 15 is 0 Å². The zero-order chi connectivity index (χ0) is 15.5. The van der Waals surface area contributed by atoms with E-state index in [4.69, 9.17) is 0 Å². The van der Waals surface area contributed by atoms with Crippen molar-refractivity contribution in [2.75, 3.05) is 37.6 Å². The van der Waals surface area contributed by atoms with Crippen LogP contribution >= 0.6 is 0 Å². The number of nitrogens with one attached hydrogen (secondary N) is 1. The van der Waals surface area contributed by atoms with E-state index in [-0.39, 0.29) is 6.42 Å². The highest BCUT2D eigenvalue weighted by Crippen LogP contribution is 2.29. The highest BCUT2D eigenvalue weighted by atomic mass is 19.4. The van der Waals surface area contributed by atoms with Crippen LogP contribution in [0.25, 0.3) is 0 Å². The molecule has 1 fully saturated rings. The molecule has 0 aliphatic carbocycles. The number of carboxylic acids is 1. The average molecular weight is 303 g/mol. The van der Waals surface area contributed by atoms with Crippen LogP contribution in [0, 0.1) is 0 Å². The van der Waals surface area contributed by atoms with Gasteiger partial charge in [-0.05, 0) is 12.1 Å². The normalized spacial score (nSPS) is 17.0. The molecule has 116 valence electrons. The van der Waals surface area contributed by atoms with Gasteiger partial charge in [0.1, 0.15) is 5.82 Å². The molecule has 1 saturated heterocycles. The minimum atomic E-state index is -4.38. The third-order valence-electron chi connectivity index (χ3n) is 3.55. The van der Waals surface area contributed by atoms with Gasteiger partial charge in [-0.1, -0.05) is 0 Å². The van der Waals surface area contributed by atoms with Crippen molar-refractivity contribution in [3.8, 4) is 0 Å². The lowest BCUT2D eigenvalue weighted by molar-refractivity contribution is -0.900. The molecule has 21 heavy (non-hydrogen) atoms.